The highest BCUT2D eigenvalue weighted by Crippen LogP contribution is 2.08. The summed E-state index contributed by atoms with van der Waals surface area (Å²) in [5, 5.41) is 9.22. The van der Waals surface area contributed by atoms with Crippen LogP contribution in [0.3, 0.4) is 0 Å². The molecule has 0 aliphatic carbocycles. The number of aromatic nitrogens is 2. The van der Waals surface area contributed by atoms with Crippen molar-refractivity contribution < 1.29 is 10.0 Å². The Morgan fingerprint density at radius 3 is 2.27 bits per heavy atom. The third-order valence-electron chi connectivity index (χ3n) is 1.52. The van der Waals surface area contributed by atoms with Gasteiger partial charge >= 0.3 is 0 Å². The Balaban J connectivity index is 3.34. The molecule has 1 aromatic heterocycles. The molecule has 0 aliphatic heterocycles. The van der Waals surface area contributed by atoms with Crippen LogP contribution >= 0.6 is 0 Å². The predicted octanol–water partition coefficient (Wildman–Crippen LogP) is 0.940. The fraction of sp³-hybridized carbons (Fsp3) is 0.429. The largest absolute Gasteiger partial charge is 0.427 e. The molecule has 0 fully saturated rings. The Labute approximate surface area is 64.4 Å². The van der Waals surface area contributed by atoms with Crippen molar-refractivity contribution in [2.45, 2.75) is 20.8 Å². The van der Waals surface area contributed by atoms with Crippen molar-refractivity contribution in [1.82, 2.24) is 9.71 Å². The van der Waals surface area contributed by atoms with Gasteiger partial charge in [0.2, 0.25) is 0 Å². The van der Waals surface area contributed by atoms with Gasteiger partial charge in [-0.15, -0.1) is 0 Å². The van der Waals surface area contributed by atoms with E-state index in [-0.39, 0.29) is 11.5 Å². The molecule has 0 spiro atoms. The zero-order chi connectivity index (χ0) is 8.59. The average molecular weight is 154 g/mol. The minimum Gasteiger partial charge on any atom is -0.427 e. The molecule has 0 bridgehead atoms. The van der Waals surface area contributed by atoms with Crippen LogP contribution in [0.25, 0.3) is 0 Å². The Hall–Kier alpha value is -1.32. The van der Waals surface area contributed by atoms with Crippen molar-refractivity contribution in [3.05, 3.63) is 17.2 Å². The van der Waals surface area contributed by atoms with Crippen LogP contribution in [-0.4, -0.2) is 20.7 Å². The quantitative estimate of drug-likeness (QED) is 0.483. The number of imidazole rings is 1. The molecule has 60 valence electrons. The number of Topliss-reactive ketones (excluding diaryl/α,β-unsaturated/α-hetero) is 1. The van der Waals surface area contributed by atoms with Crippen LogP contribution in [0.2, 0.25) is 0 Å². The second kappa shape index (κ2) is 2.38. The zero-order valence-corrected chi connectivity index (χ0v) is 6.75. The van der Waals surface area contributed by atoms with Gasteiger partial charge in [0.05, 0.1) is 5.69 Å². The topological polar surface area (TPSA) is 55.1 Å². The first-order chi connectivity index (χ1) is 5.04. The van der Waals surface area contributed by atoms with Gasteiger partial charge < -0.3 is 5.21 Å². The van der Waals surface area contributed by atoms with Crippen LogP contribution in [0.4, 0.5) is 0 Å². The molecule has 1 rings (SSSR count). The fourth-order valence-corrected chi connectivity index (χ4v) is 1.06. The van der Waals surface area contributed by atoms with Crippen molar-refractivity contribution in [2.75, 3.05) is 0 Å². The lowest BCUT2D eigenvalue weighted by Gasteiger charge is -1.96. The van der Waals surface area contributed by atoms with Gasteiger partial charge in [0, 0.05) is 6.92 Å². The number of aryl methyl sites for hydroxylation is 2. The molecule has 4 nitrogen and oxygen atoms in total. The van der Waals surface area contributed by atoms with Crippen molar-refractivity contribution in [3.8, 4) is 0 Å². The fourth-order valence-electron chi connectivity index (χ4n) is 1.06. The number of hydrogen-bond donors (Lipinski definition) is 1. The smallest absolute Gasteiger partial charge is 0.181 e. The maximum atomic E-state index is 10.9. The number of carbonyl (C=O) groups is 1. The van der Waals surface area contributed by atoms with Gasteiger partial charge in [-0.2, -0.15) is 4.73 Å². The van der Waals surface area contributed by atoms with E-state index in [1.807, 2.05) is 0 Å². The van der Waals surface area contributed by atoms with E-state index in [1.54, 1.807) is 13.8 Å². The molecule has 1 aromatic rings. The third-order valence-corrected chi connectivity index (χ3v) is 1.52. The van der Waals surface area contributed by atoms with Gasteiger partial charge in [0.25, 0.3) is 0 Å². The maximum Gasteiger partial charge on any atom is 0.181 e. The Morgan fingerprint density at radius 1 is 1.55 bits per heavy atom. The van der Waals surface area contributed by atoms with E-state index in [4.69, 9.17) is 0 Å². The lowest BCUT2D eigenvalue weighted by molar-refractivity contribution is 0.0958. The van der Waals surface area contributed by atoms with Gasteiger partial charge in [-0.3, -0.25) is 4.79 Å². The first-order valence-electron chi connectivity index (χ1n) is 3.30. The summed E-state index contributed by atoms with van der Waals surface area (Å²) in [5.41, 5.74) is 0.833. The molecular formula is C7H10N2O2. The molecular weight excluding hydrogens is 144 g/mol. The van der Waals surface area contributed by atoms with Crippen LogP contribution in [0.15, 0.2) is 0 Å². The Bertz CT molecular complexity index is 302. The van der Waals surface area contributed by atoms with Crippen molar-refractivity contribution in [2.24, 2.45) is 0 Å². The lowest BCUT2D eigenvalue weighted by atomic mass is 10.3. The third kappa shape index (κ3) is 1.11. The molecule has 0 radical (unpaired) electrons. The first kappa shape index (κ1) is 7.78. The first-order valence-corrected chi connectivity index (χ1v) is 3.30. The highest BCUT2D eigenvalue weighted by atomic mass is 16.5. The molecule has 0 saturated carbocycles. The van der Waals surface area contributed by atoms with Gasteiger partial charge in [-0.05, 0) is 13.8 Å². The molecule has 0 atom stereocenters. The van der Waals surface area contributed by atoms with Gasteiger partial charge in [0.15, 0.2) is 5.78 Å². The number of carbonyl (C=O) groups excluding carboxylic acids is 1. The molecule has 0 unspecified atom stereocenters. The molecule has 0 saturated heterocycles. The van der Waals surface area contributed by atoms with Gasteiger partial charge in [0.1, 0.15) is 11.5 Å². The van der Waals surface area contributed by atoms with E-state index in [2.05, 4.69) is 4.98 Å². The lowest BCUT2D eigenvalue weighted by Crippen LogP contribution is -2.05. The minimum absolute atomic E-state index is 0.175. The van der Waals surface area contributed by atoms with E-state index in [0.717, 1.165) is 4.73 Å². The van der Waals surface area contributed by atoms with Crippen molar-refractivity contribution >= 4 is 5.78 Å². The maximum absolute atomic E-state index is 10.9. The number of nitrogens with zero attached hydrogens (tertiary/aromatic N) is 2. The van der Waals surface area contributed by atoms with E-state index < -0.39 is 0 Å². The summed E-state index contributed by atoms with van der Waals surface area (Å²) in [6, 6.07) is 0. The highest BCUT2D eigenvalue weighted by molar-refractivity contribution is 5.93. The average Bonchev–Trinajstić information content (AvgIpc) is 2.07. The van der Waals surface area contributed by atoms with Gasteiger partial charge in [-0.25, -0.2) is 4.98 Å². The summed E-state index contributed by atoms with van der Waals surface area (Å²) >= 11 is 0. The van der Waals surface area contributed by atoms with E-state index >= 15 is 0 Å². The van der Waals surface area contributed by atoms with E-state index in [1.165, 1.54) is 6.92 Å². The second-order valence-electron chi connectivity index (χ2n) is 2.46. The Kier molecular flexibility index (Phi) is 1.68. The van der Waals surface area contributed by atoms with Crippen LogP contribution in [0.5, 0.6) is 0 Å². The zero-order valence-electron chi connectivity index (χ0n) is 6.75. The monoisotopic (exact) mass is 154 g/mol. The number of ketones is 1. The van der Waals surface area contributed by atoms with Gasteiger partial charge in [-0.1, -0.05) is 0 Å². The van der Waals surface area contributed by atoms with Crippen LogP contribution < -0.4 is 0 Å². The molecule has 4 heteroatoms. The summed E-state index contributed by atoms with van der Waals surface area (Å²) in [7, 11) is 0. The Morgan fingerprint density at radius 2 is 2.09 bits per heavy atom. The molecule has 1 heterocycles. The summed E-state index contributed by atoms with van der Waals surface area (Å²) < 4.78 is 0.817. The summed E-state index contributed by atoms with van der Waals surface area (Å²) in [5.74, 6) is 0.262. The molecule has 0 aromatic carbocycles. The highest BCUT2D eigenvalue weighted by Gasteiger charge is 2.13. The van der Waals surface area contributed by atoms with Crippen LogP contribution in [-0.2, 0) is 0 Å². The summed E-state index contributed by atoms with van der Waals surface area (Å²) in [6.07, 6.45) is 0. The normalized spacial score (nSPS) is 10.1. The molecule has 1 N–H and O–H groups in total. The summed E-state index contributed by atoms with van der Waals surface area (Å²) in [4.78, 5) is 14.8. The van der Waals surface area contributed by atoms with Crippen molar-refractivity contribution in [3.63, 3.8) is 0 Å². The van der Waals surface area contributed by atoms with Crippen LogP contribution in [0.1, 0.15) is 28.9 Å². The summed E-state index contributed by atoms with van der Waals surface area (Å²) in [6.45, 7) is 4.73. The standard InChI is InChI=1S/C7H10N2O2/c1-4-7(5(2)10)9(11)6(3)8-4/h11H,1-3H3. The minimum atomic E-state index is -0.175. The predicted molar refractivity (Wildman–Crippen MR) is 38.9 cm³/mol. The van der Waals surface area contributed by atoms with E-state index in [9.17, 15) is 10.0 Å². The molecule has 0 amide bonds. The molecule has 0 aliphatic rings. The van der Waals surface area contributed by atoms with Crippen LogP contribution in [0, 0.1) is 13.8 Å². The van der Waals surface area contributed by atoms with E-state index in [0.29, 0.717) is 11.5 Å². The SMILES string of the molecule is CC(=O)c1c(C)nc(C)n1O. The van der Waals surface area contributed by atoms with Crippen molar-refractivity contribution in [1.29, 1.82) is 0 Å². The number of hydrogen-bond acceptors (Lipinski definition) is 3. The number of rotatable bonds is 1. The second-order valence-corrected chi connectivity index (χ2v) is 2.46. The molecule has 11 heavy (non-hydrogen) atoms.